The molecule has 9 nitrogen and oxygen atoms in total. The van der Waals surface area contributed by atoms with Crippen molar-refractivity contribution in [2.45, 2.75) is 38.5 Å². The second-order valence-electron chi connectivity index (χ2n) is 11.1. The van der Waals surface area contributed by atoms with Gasteiger partial charge in [-0.2, -0.15) is 13.2 Å². The largest absolute Gasteiger partial charge is 0.416 e. The normalized spacial score (nSPS) is 16.7. The molecule has 0 unspecified atom stereocenters. The average Bonchev–Trinajstić information content (AvgIpc) is 3.05. The van der Waals surface area contributed by atoms with Crippen LogP contribution in [0.1, 0.15) is 39.5 Å². The Kier molecular flexibility index (Phi) is 12.9. The van der Waals surface area contributed by atoms with Crippen LogP contribution in [0.5, 0.6) is 0 Å². The molecule has 3 aromatic carbocycles. The Morgan fingerprint density at radius 3 is 2.27 bits per heavy atom. The first-order valence-corrected chi connectivity index (χ1v) is 16.0. The van der Waals surface area contributed by atoms with Crippen LogP contribution in [-0.4, -0.2) is 78.9 Å². The third-order valence-electron chi connectivity index (χ3n) is 7.75. The lowest BCUT2D eigenvalue weighted by Gasteiger charge is -2.31. The number of hydrogen-bond donors (Lipinski definition) is 2. The van der Waals surface area contributed by atoms with E-state index in [0.29, 0.717) is 28.3 Å². The van der Waals surface area contributed by atoms with Gasteiger partial charge < -0.3 is 25.2 Å². The molecule has 0 saturated heterocycles. The summed E-state index contributed by atoms with van der Waals surface area (Å²) >= 11 is 12.4. The number of amides is 4. The molecule has 1 aliphatic heterocycles. The quantitative estimate of drug-likeness (QED) is 0.308. The molecule has 14 heteroatoms. The lowest BCUT2D eigenvalue weighted by Crippen LogP contribution is -2.54. The fourth-order valence-electron chi connectivity index (χ4n) is 5.14. The second kappa shape index (κ2) is 16.8. The minimum atomic E-state index is -4.51. The van der Waals surface area contributed by atoms with E-state index in [2.05, 4.69) is 10.6 Å². The molecule has 0 saturated carbocycles. The van der Waals surface area contributed by atoms with Gasteiger partial charge in [0.05, 0.1) is 35.3 Å². The summed E-state index contributed by atoms with van der Waals surface area (Å²) in [5.41, 5.74) is 0.991. The molecule has 0 bridgehead atoms. The molecule has 3 aromatic rings. The van der Waals surface area contributed by atoms with Crippen molar-refractivity contribution >= 4 is 46.8 Å². The molecule has 0 aliphatic carbocycles. The van der Waals surface area contributed by atoms with Crippen molar-refractivity contribution in [3.8, 4) is 0 Å². The number of nitrogens with zero attached hydrogens (tertiary/aromatic N) is 2. The van der Waals surface area contributed by atoms with E-state index >= 15 is 0 Å². The van der Waals surface area contributed by atoms with Gasteiger partial charge in [0.25, 0.3) is 5.91 Å². The summed E-state index contributed by atoms with van der Waals surface area (Å²) in [6.45, 7) is 1.52. The van der Waals surface area contributed by atoms with Crippen molar-refractivity contribution in [2.75, 3.05) is 39.4 Å². The van der Waals surface area contributed by atoms with Gasteiger partial charge in [-0.25, -0.2) is 0 Å². The molecule has 2 N–H and O–H groups in total. The van der Waals surface area contributed by atoms with Crippen molar-refractivity contribution in [1.82, 2.24) is 20.4 Å². The Balaban J connectivity index is 1.72. The Bertz CT molecular complexity index is 1620. The van der Waals surface area contributed by atoms with Crippen LogP contribution in [0.3, 0.4) is 0 Å². The monoisotopic (exact) mass is 706 g/mol. The molecule has 1 heterocycles. The molecule has 0 fully saturated rings. The smallest absolute Gasteiger partial charge is 0.380 e. The minimum Gasteiger partial charge on any atom is -0.380 e. The van der Waals surface area contributed by atoms with Crippen LogP contribution >= 0.6 is 23.2 Å². The van der Waals surface area contributed by atoms with E-state index < -0.39 is 48.0 Å². The number of halogens is 5. The van der Waals surface area contributed by atoms with Crippen LogP contribution < -0.4 is 10.6 Å². The summed E-state index contributed by atoms with van der Waals surface area (Å²) in [4.78, 5) is 57.2. The standard InChI is InChI=1S/C34H35Cl2F3N4O5/c1-2-48-16-15-42-20-30(44)40-19-24-5-3-4-6-26(24)32(46)41-29(18-23-9-12-27(35)28(36)17-23)33(47)43(21-31(42)45)14-13-22-7-10-25(11-8-22)34(37,38)39/h3-12,17,29H,2,13-16,18-21H2,1H3,(H,40,44)(H,41,46)/t29-/m0/s1. The molecule has 0 spiro atoms. The highest BCUT2D eigenvalue weighted by atomic mass is 35.5. The van der Waals surface area contributed by atoms with Gasteiger partial charge >= 0.3 is 6.18 Å². The summed E-state index contributed by atoms with van der Waals surface area (Å²) in [6.07, 6.45) is -4.42. The predicted molar refractivity (Wildman–Crippen MR) is 175 cm³/mol. The fourth-order valence-corrected chi connectivity index (χ4v) is 5.46. The van der Waals surface area contributed by atoms with Gasteiger partial charge in [0.2, 0.25) is 17.7 Å². The van der Waals surface area contributed by atoms with Gasteiger partial charge in [-0.05, 0) is 60.4 Å². The molecular weight excluding hydrogens is 672 g/mol. The lowest BCUT2D eigenvalue weighted by atomic mass is 10.0. The highest BCUT2D eigenvalue weighted by Gasteiger charge is 2.32. The Morgan fingerprint density at radius 2 is 1.58 bits per heavy atom. The van der Waals surface area contributed by atoms with Crippen LogP contribution in [0.2, 0.25) is 10.0 Å². The Hall–Kier alpha value is -4.13. The van der Waals surface area contributed by atoms with Crippen LogP contribution in [0.25, 0.3) is 0 Å². The number of fused-ring (bicyclic) bond motifs is 1. The predicted octanol–water partition coefficient (Wildman–Crippen LogP) is 4.92. The second-order valence-corrected chi connectivity index (χ2v) is 11.9. The average molecular weight is 708 g/mol. The molecule has 1 atom stereocenters. The van der Waals surface area contributed by atoms with Crippen LogP contribution in [-0.2, 0) is 44.7 Å². The van der Waals surface area contributed by atoms with E-state index in [1.54, 1.807) is 49.4 Å². The maximum atomic E-state index is 14.3. The highest BCUT2D eigenvalue weighted by molar-refractivity contribution is 6.42. The number of benzene rings is 3. The van der Waals surface area contributed by atoms with Crippen molar-refractivity contribution in [3.05, 3.63) is 105 Å². The number of carbonyl (C=O) groups is 4. The van der Waals surface area contributed by atoms with Crippen molar-refractivity contribution in [1.29, 1.82) is 0 Å². The van der Waals surface area contributed by atoms with E-state index in [-0.39, 0.29) is 56.2 Å². The zero-order chi connectivity index (χ0) is 34.8. The molecular formula is C34H35Cl2F3N4O5. The Labute approximate surface area is 286 Å². The number of hydrogen-bond acceptors (Lipinski definition) is 5. The number of ether oxygens (including phenoxy) is 1. The first kappa shape index (κ1) is 36.7. The SMILES string of the molecule is CCOCCN1CC(=O)NCc2ccccc2C(=O)N[C@@H](Cc2ccc(Cl)c(Cl)c2)C(=O)N(CCc2ccc(C(F)(F)F)cc2)CC1=O. The molecule has 256 valence electrons. The number of rotatable bonds is 9. The van der Waals surface area contributed by atoms with Gasteiger partial charge in [0, 0.05) is 38.2 Å². The van der Waals surface area contributed by atoms with Crippen LogP contribution in [0.15, 0.2) is 66.7 Å². The molecule has 1 aliphatic rings. The molecule has 0 radical (unpaired) electrons. The van der Waals surface area contributed by atoms with Gasteiger partial charge in [-0.3, -0.25) is 19.2 Å². The summed E-state index contributed by atoms with van der Waals surface area (Å²) in [6, 6.07) is 14.7. The van der Waals surface area contributed by atoms with Crippen LogP contribution in [0, 0.1) is 0 Å². The van der Waals surface area contributed by atoms with E-state index in [9.17, 15) is 32.3 Å². The Morgan fingerprint density at radius 1 is 0.875 bits per heavy atom. The van der Waals surface area contributed by atoms with E-state index in [4.69, 9.17) is 27.9 Å². The first-order valence-electron chi connectivity index (χ1n) is 15.3. The minimum absolute atomic E-state index is 0.000572. The molecule has 4 rings (SSSR count). The molecule has 48 heavy (non-hydrogen) atoms. The van der Waals surface area contributed by atoms with E-state index in [0.717, 1.165) is 12.1 Å². The summed E-state index contributed by atoms with van der Waals surface area (Å²) in [5, 5.41) is 6.10. The third-order valence-corrected chi connectivity index (χ3v) is 8.49. The third kappa shape index (κ3) is 10.2. The summed E-state index contributed by atoms with van der Waals surface area (Å²) in [5.74, 6) is -2.23. The maximum absolute atomic E-state index is 14.3. The fraction of sp³-hybridized carbons (Fsp3) is 0.353. The topological polar surface area (TPSA) is 108 Å². The van der Waals surface area contributed by atoms with E-state index in [1.807, 2.05) is 0 Å². The van der Waals surface area contributed by atoms with Gasteiger partial charge in [0.1, 0.15) is 6.04 Å². The number of carbonyl (C=O) groups excluding carboxylic acids is 4. The number of nitrogens with one attached hydrogen (secondary N) is 2. The maximum Gasteiger partial charge on any atom is 0.416 e. The first-order chi connectivity index (χ1) is 22.8. The molecule has 4 amide bonds. The van der Waals surface area contributed by atoms with Crippen LogP contribution in [0.4, 0.5) is 13.2 Å². The lowest BCUT2D eigenvalue weighted by molar-refractivity contribution is -0.143. The molecule has 0 aromatic heterocycles. The summed E-state index contributed by atoms with van der Waals surface area (Å²) in [7, 11) is 0. The number of alkyl halides is 3. The van der Waals surface area contributed by atoms with Crippen molar-refractivity contribution in [2.24, 2.45) is 0 Å². The zero-order valence-corrected chi connectivity index (χ0v) is 27.6. The van der Waals surface area contributed by atoms with Crippen molar-refractivity contribution < 1.29 is 37.1 Å². The van der Waals surface area contributed by atoms with E-state index in [1.165, 1.54) is 21.9 Å². The van der Waals surface area contributed by atoms with Gasteiger partial charge in [-0.15, -0.1) is 0 Å². The summed E-state index contributed by atoms with van der Waals surface area (Å²) < 4.78 is 44.9. The zero-order valence-electron chi connectivity index (χ0n) is 26.1. The van der Waals surface area contributed by atoms with Crippen molar-refractivity contribution in [3.63, 3.8) is 0 Å². The highest BCUT2D eigenvalue weighted by Crippen LogP contribution is 2.29. The van der Waals surface area contributed by atoms with Gasteiger partial charge in [-0.1, -0.05) is 59.6 Å². The van der Waals surface area contributed by atoms with Gasteiger partial charge in [0.15, 0.2) is 0 Å².